The van der Waals surface area contributed by atoms with Gasteiger partial charge in [-0.3, -0.25) is 0 Å². The average molecular weight is 422 g/mol. The molecule has 2 aliphatic rings. The van der Waals surface area contributed by atoms with Crippen LogP contribution in [0.15, 0.2) is 30.3 Å². The van der Waals surface area contributed by atoms with Crippen LogP contribution in [0.3, 0.4) is 0 Å². The molecule has 7 N–H and O–H groups in total. The molecule has 2 heterocycles. The first-order valence-corrected chi connectivity index (χ1v) is 9.29. The number of fused-ring (bicyclic) bond motifs is 1. The molecular formula is C20H22O10. The Morgan fingerprint density at radius 3 is 2.37 bits per heavy atom. The topological polar surface area (TPSA) is 169 Å². The van der Waals surface area contributed by atoms with E-state index >= 15 is 0 Å². The van der Waals surface area contributed by atoms with Gasteiger partial charge in [0, 0.05) is 24.1 Å². The van der Waals surface area contributed by atoms with Crippen LogP contribution < -0.4 is 9.47 Å². The molecule has 0 spiro atoms. The van der Waals surface area contributed by atoms with E-state index in [1.54, 1.807) is 0 Å². The number of aliphatic hydroxyl groups is 4. The molecule has 4 rings (SSSR count). The molecule has 10 heteroatoms. The number of aliphatic hydroxyl groups excluding tert-OH is 4. The molecule has 6 atom stereocenters. The van der Waals surface area contributed by atoms with Gasteiger partial charge in [0.2, 0.25) is 6.29 Å². The predicted molar refractivity (Wildman–Crippen MR) is 99.3 cm³/mol. The van der Waals surface area contributed by atoms with Gasteiger partial charge in [-0.15, -0.1) is 0 Å². The normalized spacial score (nSPS) is 30.9. The van der Waals surface area contributed by atoms with Gasteiger partial charge >= 0.3 is 0 Å². The fraction of sp³-hybridized carbons (Fsp3) is 0.400. The molecule has 10 nitrogen and oxygen atoms in total. The predicted octanol–water partition coefficient (Wildman–Crippen LogP) is -0.342. The summed E-state index contributed by atoms with van der Waals surface area (Å²) in [6.45, 7) is -0.255. The van der Waals surface area contributed by atoms with E-state index in [1.807, 2.05) is 0 Å². The van der Waals surface area contributed by atoms with Crippen LogP contribution in [0.1, 0.15) is 17.2 Å². The first kappa shape index (κ1) is 20.5. The van der Waals surface area contributed by atoms with E-state index in [-0.39, 0.29) is 41.8 Å². The third-order valence-corrected chi connectivity index (χ3v) is 5.19. The van der Waals surface area contributed by atoms with Gasteiger partial charge in [-0.05, 0) is 17.7 Å². The third-order valence-electron chi connectivity index (χ3n) is 5.19. The van der Waals surface area contributed by atoms with E-state index in [9.17, 15) is 35.7 Å². The van der Waals surface area contributed by atoms with Gasteiger partial charge < -0.3 is 50.0 Å². The summed E-state index contributed by atoms with van der Waals surface area (Å²) < 4.78 is 16.7. The van der Waals surface area contributed by atoms with Gasteiger partial charge in [0.15, 0.2) is 11.5 Å². The SMILES string of the molecule is Oc1cc(O[C@H]2OC[C@H](O)[C@H](O)[C@@H]2O)c2c(c1)O[C@H](c1ccc(O)c(O)c1)[C@H](O)C2. The molecule has 0 unspecified atom stereocenters. The van der Waals surface area contributed by atoms with Gasteiger partial charge in [-0.1, -0.05) is 6.07 Å². The number of benzene rings is 2. The monoisotopic (exact) mass is 422 g/mol. The molecule has 1 saturated heterocycles. The zero-order valence-corrected chi connectivity index (χ0v) is 15.6. The van der Waals surface area contributed by atoms with Crippen LogP contribution in [0.2, 0.25) is 0 Å². The number of hydrogen-bond donors (Lipinski definition) is 7. The van der Waals surface area contributed by atoms with Crippen molar-refractivity contribution in [3.63, 3.8) is 0 Å². The minimum absolute atomic E-state index is 0.0469. The highest BCUT2D eigenvalue weighted by Crippen LogP contribution is 2.43. The van der Waals surface area contributed by atoms with Gasteiger partial charge in [-0.25, -0.2) is 0 Å². The van der Waals surface area contributed by atoms with Crippen molar-refractivity contribution in [2.45, 2.75) is 43.2 Å². The molecule has 2 aliphatic heterocycles. The first-order chi connectivity index (χ1) is 14.2. The lowest BCUT2D eigenvalue weighted by Gasteiger charge is -2.36. The highest BCUT2D eigenvalue weighted by atomic mass is 16.7. The van der Waals surface area contributed by atoms with E-state index in [4.69, 9.17) is 14.2 Å². The maximum Gasteiger partial charge on any atom is 0.228 e. The average Bonchev–Trinajstić information content (AvgIpc) is 2.70. The van der Waals surface area contributed by atoms with E-state index in [0.717, 1.165) is 0 Å². The highest BCUT2D eigenvalue weighted by molar-refractivity contribution is 5.52. The molecule has 0 saturated carbocycles. The number of aromatic hydroxyl groups is 3. The van der Waals surface area contributed by atoms with E-state index in [1.165, 1.54) is 30.3 Å². The zero-order valence-electron chi connectivity index (χ0n) is 15.6. The maximum atomic E-state index is 10.6. The number of ether oxygens (including phenoxy) is 3. The van der Waals surface area contributed by atoms with Gasteiger partial charge in [-0.2, -0.15) is 0 Å². The largest absolute Gasteiger partial charge is 0.508 e. The lowest BCUT2D eigenvalue weighted by molar-refractivity contribution is -0.242. The van der Waals surface area contributed by atoms with Crippen molar-refractivity contribution in [1.82, 2.24) is 0 Å². The second-order valence-electron chi connectivity index (χ2n) is 7.35. The zero-order chi connectivity index (χ0) is 21.6. The number of phenolic OH excluding ortho intramolecular Hbond substituents is 3. The van der Waals surface area contributed by atoms with Crippen LogP contribution >= 0.6 is 0 Å². The second kappa shape index (κ2) is 7.82. The summed E-state index contributed by atoms with van der Waals surface area (Å²) in [4.78, 5) is 0. The fourth-order valence-corrected chi connectivity index (χ4v) is 3.56. The Bertz CT molecular complexity index is 932. The Hall–Kier alpha value is -2.76. The Labute approximate surface area is 170 Å². The first-order valence-electron chi connectivity index (χ1n) is 9.29. The second-order valence-corrected chi connectivity index (χ2v) is 7.35. The van der Waals surface area contributed by atoms with Crippen molar-refractivity contribution in [2.24, 2.45) is 0 Å². The van der Waals surface area contributed by atoms with E-state index < -0.39 is 36.8 Å². The van der Waals surface area contributed by atoms with Crippen molar-refractivity contribution in [3.8, 4) is 28.7 Å². The summed E-state index contributed by atoms with van der Waals surface area (Å²) >= 11 is 0. The number of phenols is 3. The van der Waals surface area contributed by atoms with Crippen molar-refractivity contribution >= 4 is 0 Å². The molecule has 1 fully saturated rings. The van der Waals surface area contributed by atoms with Crippen molar-refractivity contribution in [2.75, 3.05) is 6.61 Å². The molecule has 0 aromatic heterocycles. The van der Waals surface area contributed by atoms with Crippen LogP contribution in [-0.2, 0) is 11.2 Å². The molecule has 2 aromatic carbocycles. The van der Waals surface area contributed by atoms with Crippen LogP contribution in [0.5, 0.6) is 28.7 Å². The molecule has 0 aliphatic carbocycles. The summed E-state index contributed by atoms with van der Waals surface area (Å²) in [5.41, 5.74) is 0.813. The summed E-state index contributed by atoms with van der Waals surface area (Å²) in [6, 6.07) is 6.63. The smallest absolute Gasteiger partial charge is 0.228 e. The Balaban J connectivity index is 1.61. The summed E-state index contributed by atoms with van der Waals surface area (Å²) in [6.07, 6.45) is -7.46. The van der Waals surface area contributed by atoms with Crippen LogP contribution in [0, 0.1) is 0 Å². The van der Waals surface area contributed by atoms with Crippen LogP contribution in [-0.4, -0.2) is 73.1 Å². The molecule has 0 amide bonds. The minimum Gasteiger partial charge on any atom is -0.508 e. The van der Waals surface area contributed by atoms with E-state index in [2.05, 4.69) is 0 Å². The molecular weight excluding hydrogens is 400 g/mol. The third kappa shape index (κ3) is 3.71. The summed E-state index contributed by atoms with van der Waals surface area (Å²) in [5, 5.41) is 69.4. The minimum atomic E-state index is -1.53. The number of hydrogen-bond acceptors (Lipinski definition) is 10. The quantitative estimate of drug-likeness (QED) is 0.325. The van der Waals surface area contributed by atoms with Crippen LogP contribution in [0.4, 0.5) is 0 Å². The van der Waals surface area contributed by atoms with Crippen molar-refractivity contribution in [1.29, 1.82) is 0 Å². The number of rotatable bonds is 3. The molecule has 0 radical (unpaired) electrons. The molecule has 0 bridgehead atoms. The maximum absolute atomic E-state index is 10.6. The van der Waals surface area contributed by atoms with Gasteiger partial charge in [0.05, 0.1) is 12.7 Å². The highest BCUT2D eigenvalue weighted by Gasteiger charge is 2.40. The molecule has 30 heavy (non-hydrogen) atoms. The Morgan fingerprint density at radius 1 is 0.867 bits per heavy atom. The van der Waals surface area contributed by atoms with Gasteiger partial charge in [0.1, 0.15) is 41.7 Å². The van der Waals surface area contributed by atoms with Crippen molar-refractivity contribution < 1.29 is 50.0 Å². The summed E-state index contributed by atoms with van der Waals surface area (Å²) in [5.74, 6) is -0.602. The standard InChI is InChI=1S/C20H22O10/c21-9-4-15-10(16(5-9)30-20-18(27)17(26)14(25)7-28-20)6-13(24)19(29-15)8-1-2-11(22)12(23)3-8/h1-5,13-14,17-27H,6-7H2/t13-,14+,17+,18+,19-,20-/m1/s1. The fourth-order valence-electron chi connectivity index (χ4n) is 3.56. The molecule has 2 aromatic rings. The Morgan fingerprint density at radius 2 is 1.63 bits per heavy atom. The summed E-state index contributed by atoms with van der Waals surface area (Å²) in [7, 11) is 0. The van der Waals surface area contributed by atoms with E-state index in [0.29, 0.717) is 11.1 Å². The van der Waals surface area contributed by atoms with Crippen LogP contribution in [0.25, 0.3) is 0 Å². The van der Waals surface area contributed by atoms with Gasteiger partial charge in [0.25, 0.3) is 0 Å². The lowest BCUT2D eigenvalue weighted by Crippen LogP contribution is -2.54. The molecule has 162 valence electrons. The lowest BCUT2D eigenvalue weighted by atomic mass is 9.93. The Kier molecular flexibility index (Phi) is 5.35. The van der Waals surface area contributed by atoms with Crippen molar-refractivity contribution in [3.05, 3.63) is 41.5 Å².